The topological polar surface area (TPSA) is 92.1 Å². The minimum Gasteiger partial charge on any atom is -0.394 e. The number of aromatic nitrogens is 1. The van der Waals surface area contributed by atoms with E-state index in [0.717, 1.165) is 27.6 Å². The number of aryl methyl sites for hydroxylation is 1. The first-order chi connectivity index (χ1) is 19.6. The molecule has 1 amide bonds. The maximum atomic E-state index is 14.4. The fraction of sp³-hybridized carbons (Fsp3) is 0.344. The van der Waals surface area contributed by atoms with Gasteiger partial charge in [-0.15, -0.1) is 0 Å². The normalized spacial score (nSPS) is 19.1. The molecular formula is C32H37N3O5S. The van der Waals surface area contributed by atoms with Crippen LogP contribution in [0.1, 0.15) is 29.9 Å². The Bertz CT molecular complexity index is 1650. The van der Waals surface area contributed by atoms with Crippen molar-refractivity contribution in [1.29, 1.82) is 0 Å². The highest BCUT2D eigenvalue weighted by molar-refractivity contribution is 7.89. The lowest BCUT2D eigenvalue weighted by molar-refractivity contribution is -0.0147. The van der Waals surface area contributed by atoms with E-state index >= 15 is 0 Å². The quantitative estimate of drug-likeness (QED) is 0.365. The van der Waals surface area contributed by atoms with E-state index < -0.39 is 22.2 Å². The summed E-state index contributed by atoms with van der Waals surface area (Å²) in [5.41, 5.74) is 4.12. The van der Waals surface area contributed by atoms with Gasteiger partial charge < -0.3 is 19.3 Å². The first kappa shape index (κ1) is 29.0. The molecule has 3 aromatic carbocycles. The van der Waals surface area contributed by atoms with Crippen molar-refractivity contribution in [1.82, 2.24) is 13.8 Å². The minimum atomic E-state index is -3.75. The highest BCUT2D eigenvalue weighted by Gasteiger charge is 2.34. The summed E-state index contributed by atoms with van der Waals surface area (Å²) >= 11 is 0. The third-order valence-corrected chi connectivity index (χ3v) is 9.95. The number of aliphatic hydroxyl groups excluding tert-OH is 1. The number of carbonyl (C=O) groups is 1. The molecular weight excluding hydrogens is 538 g/mol. The summed E-state index contributed by atoms with van der Waals surface area (Å²) in [5.74, 6) is -0.433. The van der Waals surface area contributed by atoms with E-state index in [1.807, 2.05) is 74.0 Å². The summed E-state index contributed by atoms with van der Waals surface area (Å²) in [6, 6.07) is 23.7. The molecule has 216 valence electrons. The summed E-state index contributed by atoms with van der Waals surface area (Å²) in [7, 11) is -0.295. The number of rotatable bonds is 6. The molecule has 0 aliphatic carbocycles. The van der Waals surface area contributed by atoms with Crippen LogP contribution in [0.4, 0.5) is 0 Å². The molecule has 0 fully saturated rings. The zero-order valence-corrected chi connectivity index (χ0v) is 24.7. The summed E-state index contributed by atoms with van der Waals surface area (Å²) in [6.07, 6.45) is -0.523. The Morgan fingerprint density at radius 2 is 1.68 bits per heavy atom. The Kier molecular flexibility index (Phi) is 8.33. The second kappa shape index (κ2) is 11.8. The lowest BCUT2D eigenvalue weighted by Gasteiger charge is -2.35. The van der Waals surface area contributed by atoms with Crippen molar-refractivity contribution in [3.05, 3.63) is 90.1 Å². The molecule has 0 bridgehead atoms. The van der Waals surface area contributed by atoms with E-state index in [1.165, 1.54) is 4.31 Å². The molecule has 1 aliphatic rings. The zero-order valence-electron chi connectivity index (χ0n) is 23.9. The average molecular weight is 576 g/mol. The van der Waals surface area contributed by atoms with Gasteiger partial charge in [0.25, 0.3) is 5.91 Å². The molecule has 0 spiro atoms. The number of fused-ring (bicyclic) bond motifs is 5. The van der Waals surface area contributed by atoms with Crippen LogP contribution >= 0.6 is 0 Å². The zero-order chi connectivity index (χ0) is 29.3. The van der Waals surface area contributed by atoms with Crippen molar-refractivity contribution in [2.45, 2.75) is 37.5 Å². The van der Waals surface area contributed by atoms with Crippen molar-refractivity contribution in [3.63, 3.8) is 0 Å². The van der Waals surface area contributed by atoms with Gasteiger partial charge in [0.15, 0.2) is 0 Å². The summed E-state index contributed by atoms with van der Waals surface area (Å²) in [4.78, 5) is 16.3. The molecule has 0 radical (unpaired) electrons. The smallest absolute Gasteiger partial charge is 0.271 e. The van der Waals surface area contributed by atoms with Gasteiger partial charge >= 0.3 is 0 Å². The number of para-hydroxylation sites is 1. The summed E-state index contributed by atoms with van der Waals surface area (Å²) in [5, 5.41) is 11.1. The molecule has 4 aromatic rings. The van der Waals surface area contributed by atoms with Gasteiger partial charge in [-0.3, -0.25) is 4.79 Å². The van der Waals surface area contributed by atoms with Crippen molar-refractivity contribution >= 4 is 26.8 Å². The maximum Gasteiger partial charge on any atom is 0.271 e. The standard InChI is InChI=1S/C32H37N3O5S/c1-22-18-35(23(2)20-36)32(37)31-30(27-16-10-11-17-28(27)34(31)4)26-15-9-8-12-24(26)21-40-29(22)19-33(3)41(38,39)25-13-6-5-7-14-25/h5-17,22-23,29,36H,18-21H2,1-4H3/t22-,23+,29+/m0/s1. The second-order valence-electron chi connectivity index (χ2n) is 10.9. The van der Waals surface area contributed by atoms with E-state index in [4.69, 9.17) is 4.74 Å². The molecule has 0 unspecified atom stereocenters. The predicted octanol–water partition coefficient (Wildman–Crippen LogP) is 4.52. The van der Waals surface area contributed by atoms with Crippen LogP contribution in [-0.4, -0.2) is 72.1 Å². The first-order valence-electron chi connectivity index (χ1n) is 13.9. The van der Waals surface area contributed by atoms with Gasteiger partial charge in [0.05, 0.1) is 30.3 Å². The molecule has 0 saturated carbocycles. The number of sulfonamides is 1. The largest absolute Gasteiger partial charge is 0.394 e. The van der Waals surface area contributed by atoms with E-state index in [-0.39, 0.29) is 43.0 Å². The molecule has 41 heavy (non-hydrogen) atoms. The molecule has 0 saturated heterocycles. The van der Waals surface area contributed by atoms with E-state index in [0.29, 0.717) is 5.69 Å². The predicted molar refractivity (Wildman–Crippen MR) is 160 cm³/mol. The molecule has 3 atom stereocenters. The lowest BCUT2D eigenvalue weighted by Crippen LogP contribution is -2.48. The second-order valence-corrected chi connectivity index (χ2v) is 12.9. The number of nitrogens with zero attached hydrogens (tertiary/aromatic N) is 3. The van der Waals surface area contributed by atoms with Gasteiger partial charge in [0.1, 0.15) is 5.69 Å². The Morgan fingerprint density at radius 3 is 2.41 bits per heavy atom. The Hall–Kier alpha value is -3.50. The van der Waals surface area contributed by atoms with Crippen LogP contribution in [-0.2, 0) is 28.4 Å². The molecule has 8 nitrogen and oxygen atoms in total. The number of carbonyl (C=O) groups excluding carboxylic acids is 1. The van der Waals surface area contributed by atoms with Gasteiger partial charge in [0.2, 0.25) is 10.0 Å². The number of likely N-dealkylation sites (N-methyl/N-ethyl adjacent to an activating group) is 1. The number of hydrogen-bond acceptors (Lipinski definition) is 5. The maximum absolute atomic E-state index is 14.4. The van der Waals surface area contributed by atoms with Crippen LogP contribution in [0.25, 0.3) is 22.0 Å². The van der Waals surface area contributed by atoms with Crippen molar-refractivity contribution < 1.29 is 23.1 Å². The highest BCUT2D eigenvalue weighted by Crippen LogP contribution is 2.38. The Morgan fingerprint density at radius 1 is 1.02 bits per heavy atom. The van der Waals surface area contributed by atoms with Crippen LogP contribution in [0.3, 0.4) is 0 Å². The molecule has 2 heterocycles. The molecule has 1 aromatic heterocycles. The van der Waals surface area contributed by atoms with Gasteiger partial charge in [-0.1, -0.05) is 67.6 Å². The van der Waals surface area contributed by atoms with Gasteiger partial charge in [-0.05, 0) is 36.2 Å². The van der Waals surface area contributed by atoms with Gasteiger partial charge in [0, 0.05) is 49.6 Å². The molecule has 1 N–H and O–H groups in total. The van der Waals surface area contributed by atoms with E-state index in [2.05, 4.69) is 0 Å². The average Bonchev–Trinajstić information content (AvgIpc) is 3.28. The number of benzene rings is 3. The van der Waals surface area contributed by atoms with Crippen LogP contribution < -0.4 is 0 Å². The van der Waals surface area contributed by atoms with Crippen molar-refractivity contribution in [2.75, 3.05) is 26.7 Å². The minimum absolute atomic E-state index is 0.103. The van der Waals surface area contributed by atoms with Gasteiger partial charge in [-0.25, -0.2) is 8.42 Å². The first-order valence-corrected chi connectivity index (χ1v) is 15.3. The van der Waals surface area contributed by atoms with E-state index in [9.17, 15) is 18.3 Å². The summed E-state index contributed by atoms with van der Waals surface area (Å²) in [6.45, 7) is 4.21. The Balaban J connectivity index is 1.61. The van der Waals surface area contributed by atoms with Crippen LogP contribution in [0, 0.1) is 5.92 Å². The van der Waals surface area contributed by atoms with Gasteiger partial charge in [-0.2, -0.15) is 4.31 Å². The van der Waals surface area contributed by atoms with Crippen LogP contribution in [0.15, 0.2) is 83.8 Å². The number of aliphatic hydroxyl groups is 1. The fourth-order valence-corrected chi connectivity index (χ4v) is 6.85. The Labute approximate surface area is 241 Å². The SMILES string of the molecule is C[C@H](CO)N1C[C@H](C)[C@@H](CN(C)S(=O)(=O)c2ccccc2)OCc2ccccc2-c2c(n(C)c3ccccc23)C1=O. The van der Waals surface area contributed by atoms with Crippen molar-refractivity contribution in [3.8, 4) is 11.1 Å². The molecule has 1 aliphatic heterocycles. The third kappa shape index (κ3) is 5.42. The fourth-order valence-electron chi connectivity index (χ4n) is 5.65. The monoisotopic (exact) mass is 575 g/mol. The lowest BCUT2D eigenvalue weighted by atomic mass is 9.96. The number of amides is 1. The number of hydrogen-bond donors (Lipinski definition) is 1. The molecule has 9 heteroatoms. The third-order valence-electron chi connectivity index (χ3n) is 8.11. The van der Waals surface area contributed by atoms with E-state index in [1.54, 1.807) is 42.3 Å². The van der Waals surface area contributed by atoms with Crippen LogP contribution in [0.2, 0.25) is 0 Å². The highest BCUT2D eigenvalue weighted by atomic mass is 32.2. The molecule has 5 rings (SSSR count). The van der Waals surface area contributed by atoms with Crippen molar-refractivity contribution in [2.24, 2.45) is 13.0 Å². The van der Waals surface area contributed by atoms with Crippen LogP contribution in [0.5, 0.6) is 0 Å². The summed E-state index contributed by atoms with van der Waals surface area (Å²) < 4.78 is 36.5. The number of ether oxygens (including phenoxy) is 1.